The minimum atomic E-state index is -0.702. The number of nitrogens with one attached hydrogen (secondary N) is 1. The molecule has 7 N–H and O–H groups in total. The van der Waals surface area contributed by atoms with Crippen LogP contribution in [0.1, 0.15) is 33.6 Å². The van der Waals surface area contributed by atoms with Crippen molar-refractivity contribution in [3.8, 4) is 0 Å². The number of ether oxygens (including phenoxy) is 1. The van der Waals surface area contributed by atoms with Crippen LogP contribution in [0.3, 0.4) is 0 Å². The molecule has 160 valence electrons. The molecule has 0 rings (SSSR count). The van der Waals surface area contributed by atoms with Crippen molar-refractivity contribution in [2.24, 2.45) is 17.2 Å². The largest absolute Gasteiger partial charge is 0.444 e. The summed E-state index contributed by atoms with van der Waals surface area (Å²) in [6.07, 6.45) is 0.462. The smallest absolute Gasteiger partial charge is 0.408 e. The second-order valence-electron chi connectivity index (χ2n) is 7.79. The van der Waals surface area contributed by atoms with E-state index in [9.17, 15) is 14.4 Å². The fourth-order valence-electron chi connectivity index (χ4n) is 1.66. The van der Waals surface area contributed by atoms with Crippen LogP contribution in [-0.2, 0) is 14.3 Å². The number of nitrogens with two attached hydrogens (primary N) is 3. The first-order chi connectivity index (χ1) is 12.2. The quantitative estimate of drug-likeness (QED) is 0.396. The minimum Gasteiger partial charge on any atom is -0.444 e. The summed E-state index contributed by atoms with van der Waals surface area (Å²) in [5.74, 6) is -0.987. The molecule has 0 aliphatic rings. The lowest BCUT2D eigenvalue weighted by atomic mass is 10.2. The van der Waals surface area contributed by atoms with Crippen LogP contribution in [0.25, 0.3) is 0 Å². The van der Waals surface area contributed by atoms with Gasteiger partial charge in [-0.05, 0) is 74.9 Å². The number of amides is 3. The first-order valence-corrected chi connectivity index (χ1v) is 8.79. The molecule has 0 saturated carbocycles. The molecule has 0 aromatic heterocycles. The molecule has 0 aromatic carbocycles. The topological polar surface area (TPSA) is 157 Å². The molecule has 0 radical (unpaired) electrons. The van der Waals surface area contributed by atoms with Gasteiger partial charge in [0.05, 0.1) is 6.04 Å². The second-order valence-corrected chi connectivity index (χ2v) is 7.79. The van der Waals surface area contributed by atoms with Crippen LogP contribution in [0, 0.1) is 0 Å². The van der Waals surface area contributed by atoms with Crippen molar-refractivity contribution in [1.29, 1.82) is 0 Å². The number of primary amides is 2. The molecular weight excluding hydrogens is 352 g/mol. The third-order valence-corrected chi connectivity index (χ3v) is 3.15. The zero-order chi connectivity index (χ0) is 21.8. The molecule has 27 heavy (non-hydrogen) atoms. The first-order valence-electron chi connectivity index (χ1n) is 8.79. The highest BCUT2D eigenvalue weighted by molar-refractivity contribution is 5.84. The summed E-state index contributed by atoms with van der Waals surface area (Å²) in [5.41, 5.74) is 14.9. The first kappa shape index (κ1) is 27.3. The second kappa shape index (κ2) is 13.3. The standard InChI is InChI=1S/C11H23N3O3.C6H15N3O/c1-11(2,3)17-10(16)13-8(9(12)15)6-7-14(4)5;1-9(2)4-3-5(7)6(8)10/h8H,6-7H2,1-5H3,(H2,12,15)(H,13,16);5H,3-4,7H2,1-2H3,(H2,8,10). The van der Waals surface area contributed by atoms with Gasteiger partial charge in [0.2, 0.25) is 11.8 Å². The van der Waals surface area contributed by atoms with E-state index in [1.165, 1.54) is 0 Å². The SMILES string of the molecule is CN(C)CCC(N)C(N)=O.CN(C)CCC(NC(=O)OC(C)(C)C)C(N)=O. The highest BCUT2D eigenvalue weighted by atomic mass is 16.6. The van der Waals surface area contributed by atoms with E-state index in [-0.39, 0.29) is 0 Å². The van der Waals surface area contributed by atoms with E-state index in [1.54, 1.807) is 20.8 Å². The van der Waals surface area contributed by atoms with Gasteiger partial charge in [-0.1, -0.05) is 0 Å². The van der Waals surface area contributed by atoms with E-state index >= 15 is 0 Å². The van der Waals surface area contributed by atoms with E-state index in [2.05, 4.69) is 5.32 Å². The molecule has 0 aromatic rings. The van der Waals surface area contributed by atoms with Crippen LogP contribution < -0.4 is 22.5 Å². The van der Waals surface area contributed by atoms with Crippen molar-refractivity contribution in [2.75, 3.05) is 41.3 Å². The van der Waals surface area contributed by atoms with Crippen LogP contribution >= 0.6 is 0 Å². The van der Waals surface area contributed by atoms with Gasteiger partial charge in [0, 0.05) is 0 Å². The molecule has 2 atom stereocenters. The summed E-state index contributed by atoms with van der Waals surface area (Å²) in [6, 6.07) is -1.20. The monoisotopic (exact) mass is 390 g/mol. The van der Waals surface area contributed by atoms with Crippen molar-refractivity contribution in [1.82, 2.24) is 15.1 Å². The lowest BCUT2D eigenvalue weighted by Gasteiger charge is -2.23. The Kier molecular flexibility index (Phi) is 13.4. The van der Waals surface area contributed by atoms with Gasteiger partial charge in [-0.3, -0.25) is 9.59 Å². The van der Waals surface area contributed by atoms with Gasteiger partial charge in [0.1, 0.15) is 11.6 Å². The van der Waals surface area contributed by atoms with E-state index in [0.717, 1.165) is 6.54 Å². The van der Waals surface area contributed by atoms with Crippen LogP contribution in [0.5, 0.6) is 0 Å². The molecule has 0 heterocycles. The highest BCUT2D eigenvalue weighted by Crippen LogP contribution is 2.07. The molecule has 2 unspecified atom stereocenters. The zero-order valence-corrected chi connectivity index (χ0v) is 17.7. The average molecular weight is 391 g/mol. The predicted octanol–water partition coefficient (Wildman–Crippen LogP) is -0.933. The zero-order valence-electron chi connectivity index (χ0n) is 17.7. The summed E-state index contributed by atoms with van der Waals surface area (Å²) in [5, 5.41) is 2.47. The van der Waals surface area contributed by atoms with Gasteiger partial charge in [-0.15, -0.1) is 0 Å². The Hall–Kier alpha value is -1.91. The molecule has 0 saturated heterocycles. The molecule has 0 aliphatic carbocycles. The van der Waals surface area contributed by atoms with E-state index < -0.39 is 35.6 Å². The number of carbonyl (C=O) groups excluding carboxylic acids is 3. The highest BCUT2D eigenvalue weighted by Gasteiger charge is 2.22. The van der Waals surface area contributed by atoms with E-state index in [4.69, 9.17) is 21.9 Å². The Morgan fingerprint density at radius 1 is 0.926 bits per heavy atom. The number of carbonyl (C=O) groups is 3. The maximum absolute atomic E-state index is 11.5. The maximum atomic E-state index is 11.5. The molecule has 3 amide bonds. The van der Waals surface area contributed by atoms with Crippen LogP contribution in [0.15, 0.2) is 0 Å². The van der Waals surface area contributed by atoms with Gasteiger partial charge in [-0.25, -0.2) is 4.79 Å². The molecule has 0 bridgehead atoms. The lowest BCUT2D eigenvalue weighted by molar-refractivity contribution is -0.120. The number of nitrogens with zero attached hydrogens (tertiary/aromatic N) is 2. The summed E-state index contributed by atoms with van der Waals surface area (Å²) in [7, 11) is 7.61. The van der Waals surface area contributed by atoms with Gasteiger partial charge in [0.15, 0.2) is 0 Å². The van der Waals surface area contributed by atoms with Crippen LogP contribution in [0.4, 0.5) is 4.79 Å². The van der Waals surface area contributed by atoms with Crippen LogP contribution in [0.2, 0.25) is 0 Å². The number of alkyl carbamates (subject to hydrolysis) is 1. The van der Waals surface area contributed by atoms with E-state index in [1.807, 2.05) is 38.0 Å². The van der Waals surface area contributed by atoms with Crippen LogP contribution in [-0.4, -0.2) is 86.7 Å². The third kappa shape index (κ3) is 18.7. The molecular formula is C17H38N6O4. The Morgan fingerprint density at radius 3 is 1.70 bits per heavy atom. The molecule has 0 fully saturated rings. The Balaban J connectivity index is 0. The molecule has 0 spiro atoms. The fourth-order valence-corrected chi connectivity index (χ4v) is 1.66. The summed E-state index contributed by atoms with van der Waals surface area (Å²) >= 11 is 0. The molecule has 0 aliphatic heterocycles. The number of hydrogen-bond acceptors (Lipinski definition) is 7. The van der Waals surface area contributed by atoms with Crippen molar-refractivity contribution in [3.63, 3.8) is 0 Å². The van der Waals surface area contributed by atoms with Gasteiger partial charge in [0.25, 0.3) is 0 Å². The Morgan fingerprint density at radius 2 is 1.37 bits per heavy atom. The lowest BCUT2D eigenvalue weighted by Crippen LogP contribution is -2.47. The molecule has 10 heteroatoms. The normalized spacial score (nSPS) is 13.4. The summed E-state index contributed by atoms with van der Waals surface area (Å²) in [4.78, 5) is 36.9. The van der Waals surface area contributed by atoms with Gasteiger partial charge in [-0.2, -0.15) is 0 Å². The van der Waals surface area contributed by atoms with Crippen molar-refractivity contribution < 1.29 is 19.1 Å². The number of hydrogen-bond donors (Lipinski definition) is 4. The third-order valence-electron chi connectivity index (χ3n) is 3.15. The minimum absolute atomic E-state index is 0.429. The van der Waals surface area contributed by atoms with Crippen molar-refractivity contribution in [2.45, 2.75) is 51.3 Å². The van der Waals surface area contributed by atoms with Crippen molar-refractivity contribution in [3.05, 3.63) is 0 Å². The maximum Gasteiger partial charge on any atom is 0.408 e. The van der Waals surface area contributed by atoms with Crippen molar-refractivity contribution >= 4 is 17.9 Å². The Labute approximate surface area is 162 Å². The summed E-state index contributed by atoms with van der Waals surface area (Å²) < 4.78 is 5.05. The van der Waals surface area contributed by atoms with E-state index in [0.29, 0.717) is 19.4 Å². The number of rotatable bonds is 9. The predicted molar refractivity (Wildman–Crippen MR) is 106 cm³/mol. The Bertz CT molecular complexity index is 463. The van der Waals surface area contributed by atoms with Gasteiger partial charge >= 0.3 is 6.09 Å². The average Bonchev–Trinajstić information content (AvgIpc) is 2.47. The van der Waals surface area contributed by atoms with Gasteiger partial charge < -0.3 is 37.1 Å². The summed E-state index contributed by atoms with van der Waals surface area (Å²) in [6.45, 7) is 6.72. The molecule has 10 nitrogen and oxygen atoms in total. The fraction of sp³-hybridized carbons (Fsp3) is 0.824.